The average molecular weight is 494 g/mol. The molecule has 0 fully saturated rings. The van der Waals surface area contributed by atoms with Gasteiger partial charge in [-0.3, -0.25) is 14.4 Å². The van der Waals surface area contributed by atoms with Crippen molar-refractivity contribution in [2.24, 2.45) is 0 Å². The zero-order valence-corrected chi connectivity index (χ0v) is 20.1. The van der Waals surface area contributed by atoms with Crippen molar-refractivity contribution in [3.63, 3.8) is 0 Å². The summed E-state index contributed by atoms with van der Waals surface area (Å²) in [6.45, 7) is 2.62. The Morgan fingerprint density at radius 1 is 0.432 bits per heavy atom. The summed E-state index contributed by atoms with van der Waals surface area (Å²) in [6.07, 6.45) is 0. The first-order valence-electron chi connectivity index (χ1n) is 11.3. The van der Waals surface area contributed by atoms with Crippen molar-refractivity contribution in [1.82, 2.24) is 0 Å². The fourth-order valence-corrected chi connectivity index (χ4v) is 3.53. The Morgan fingerprint density at radius 3 is 1.19 bits per heavy atom. The predicted octanol–water partition coefficient (Wildman–Crippen LogP) is 5.65. The van der Waals surface area contributed by atoms with E-state index in [1.54, 1.807) is 48.5 Å². The maximum Gasteiger partial charge on any atom is 0.343 e. The Hall–Kier alpha value is -5.04. The maximum atomic E-state index is 12.8. The molecule has 184 valence electrons. The normalized spacial score (nSPS) is 10.3. The number of carbonyl (C=O) groups excluding carboxylic acids is 4. The van der Waals surface area contributed by atoms with Crippen molar-refractivity contribution in [3.8, 4) is 28.4 Å². The van der Waals surface area contributed by atoms with E-state index in [0.29, 0.717) is 33.9 Å². The van der Waals surface area contributed by atoms with Crippen molar-refractivity contribution in [1.29, 1.82) is 0 Å². The van der Waals surface area contributed by atoms with E-state index in [4.69, 9.17) is 14.2 Å². The number of hydrogen-bond acceptors (Lipinski definition) is 7. The second-order valence-corrected chi connectivity index (χ2v) is 8.06. The molecule has 4 aromatic carbocycles. The minimum Gasteiger partial charge on any atom is -0.427 e. The lowest BCUT2D eigenvalue weighted by atomic mass is 9.99. The van der Waals surface area contributed by atoms with E-state index in [0.717, 1.165) is 11.1 Å². The number of ketones is 1. The zero-order valence-electron chi connectivity index (χ0n) is 20.1. The first-order valence-corrected chi connectivity index (χ1v) is 11.3. The molecule has 0 saturated heterocycles. The van der Waals surface area contributed by atoms with E-state index in [-0.39, 0.29) is 5.78 Å². The quantitative estimate of drug-likeness (QED) is 0.186. The van der Waals surface area contributed by atoms with Crippen LogP contribution in [0.5, 0.6) is 17.2 Å². The van der Waals surface area contributed by atoms with Crippen LogP contribution in [-0.2, 0) is 9.59 Å². The molecule has 7 heteroatoms. The average Bonchev–Trinajstić information content (AvgIpc) is 2.89. The molecule has 0 aromatic heterocycles. The number of carbonyl (C=O) groups is 4. The molecule has 4 aromatic rings. The molecule has 0 bridgehead atoms. The summed E-state index contributed by atoms with van der Waals surface area (Å²) in [5, 5.41) is 0. The Bertz CT molecular complexity index is 1430. The minimum atomic E-state index is -0.536. The lowest BCUT2D eigenvalue weighted by Gasteiger charge is -2.08. The molecule has 0 heterocycles. The molecular formula is C30H22O7. The highest BCUT2D eigenvalue weighted by Crippen LogP contribution is 2.25. The number of rotatable bonds is 7. The summed E-state index contributed by atoms with van der Waals surface area (Å²) in [5.41, 5.74) is 3.10. The van der Waals surface area contributed by atoms with Crippen LogP contribution < -0.4 is 14.2 Å². The molecule has 0 unspecified atom stereocenters. The van der Waals surface area contributed by atoms with E-state index in [1.165, 1.54) is 38.1 Å². The second-order valence-electron chi connectivity index (χ2n) is 8.06. The van der Waals surface area contributed by atoms with Crippen LogP contribution in [0.25, 0.3) is 11.1 Å². The summed E-state index contributed by atoms with van der Waals surface area (Å²) in [6, 6.07) is 26.6. The molecule has 0 amide bonds. The minimum absolute atomic E-state index is 0.149. The third-order valence-corrected chi connectivity index (χ3v) is 5.27. The largest absolute Gasteiger partial charge is 0.427 e. The van der Waals surface area contributed by atoms with E-state index in [1.807, 2.05) is 24.3 Å². The van der Waals surface area contributed by atoms with Crippen LogP contribution in [0.2, 0.25) is 0 Å². The molecule has 0 aliphatic carbocycles. The fraction of sp³-hybridized carbons (Fsp3) is 0.0667. The number of esters is 3. The van der Waals surface area contributed by atoms with Gasteiger partial charge in [0.1, 0.15) is 17.2 Å². The fourth-order valence-electron chi connectivity index (χ4n) is 3.53. The molecule has 0 aliphatic rings. The van der Waals surface area contributed by atoms with Crippen LogP contribution in [0.4, 0.5) is 0 Å². The monoisotopic (exact) mass is 494 g/mol. The zero-order chi connectivity index (χ0) is 26.4. The summed E-state index contributed by atoms with van der Waals surface area (Å²) in [5.74, 6) is -0.446. The van der Waals surface area contributed by atoms with Gasteiger partial charge in [-0.05, 0) is 71.8 Å². The summed E-state index contributed by atoms with van der Waals surface area (Å²) >= 11 is 0. The topological polar surface area (TPSA) is 96.0 Å². The van der Waals surface area contributed by atoms with E-state index >= 15 is 0 Å². The first kappa shape index (κ1) is 25.1. The number of benzene rings is 4. The predicted molar refractivity (Wildman–Crippen MR) is 136 cm³/mol. The van der Waals surface area contributed by atoms with Crippen LogP contribution in [0.15, 0.2) is 97.1 Å². The molecule has 0 atom stereocenters. The van der Waals surface area contributed by atoms with Gasteiger partial charge in [-0.25, -0.2) is 4.79 Å². The van der Waals surface area contributed by atoms with Crippen LogP contribution in [0.1, 0.15) is 40.1 Å². The van der Waals surface area contributed by atoms with Gasteiger partial charge in [0.05, 0.1) is 5.56 Å². The van der Waals surface area contributed by atoms with Gasteiger partial charge in [-0.2, -0.15) is 0 Å². The summed E-state index contributed by atoms with van der Waals surface area (Å²) < 4.78 is 15.4. The molecule has 0 radical (unpaired) electrons. The molecule has 4 rings (SSSR count). The van der Waals surface area contributed by atoms with Crippen LogP contribution in [0.3, 0.4) is 0 Å². The van der Waals surface area contributed by atoms with Crippen molar-refractivity contribution >= 4 is 23.7 Å². The van der Waals surface area contributed by atoms with Crippen molar-refractivity contribution in [2.75, 3.05) is 0 Å². The van der Waals surface area contributed by atoms with Crippen LogP contribution in [-0.4, -0.2) is 23.7 Å². The third-order valence-electron chi connectivity index (χ3n) is 5.27. The maximum absolute atomic E-state index is 12.8. The van der Waals surface area contributed by atoms with Gasteiger partial charge in [-0.1, -0.05) is 36.4 Å². The van der Waals surface area contributed by atoms with Gasteiger partial charge in [0, 0.05) is 25.0 Å². The third kappa shape index (κ3) is 6.55. The molecular weight excluding hydrogens is 472 g/mol. The van der Waals surface area contributed by atoms with Crippen molar-refractivity contribution in [2.45, 2.75) is 13.8 Å². The van der Waals surface area contributed by atoms with Crippen molar-refractivity contribution in [3.05, 3.63) is 114 Å². The van der Waals surface area contributed by atoms with Crippen LogP contribution >= 0.6 is 0 Å². The van der Waals surface area contributed by atoms with Gasteiger partial charge >= 0.3 is 17.9 Å². The smallest absolute Gasteiger partial charge is 0.343 e. The van der Waals surface area contributed by atoms with Gasteiger partial charge < -0.3 is 14.2 Å². The number of hydrogen-bond donors (Lipinski definition) is 0. The van der Waals surface area contributed by atoms with Crippen molar-refractivity contribution < 1.29 is 33.4 Å². The Labute approximate surface area is 213 Å². The lowest BCUT2D eigenvalue weighted by Crippen LogP contribution is -2.08. The molecule has 37 heavy (non-hydrogen) atoms. The Balaban J connectivity index is 1.39. The van der Waals surface area contributed by atoms with Gasteiger partial charge in [-0.15, -0.1) is 0 Å². The second kappa shape index (κ2) is 11.1. The highest BCUT2D eigenvalue weighted by atomic mass is 16.5. The van der Waals surface area contributed by atoms with E-state index < -0.39 is 17.9 Å². The van der Waals surface area contributed by atoms with Gasteiger partial charge in [0.2, 0.25) is 0 Å². The molecule has 0 aliphatic heterocycles. The van der Waals surface area contributed by atoms with E-state index in [2.05, 4.69) is 0 Å². The standard InChI is InChI=1S/C30H22O7/c1-19(31)35-26-15-9-24(10-16-26)29(33)23-5-3-21(4-6-23)22-7-13-28(14-8-22)37-30(34)25-11-17-27(18-12-25)36-20(2)32/h3-18H,1-2H3. The molecule has 0 saturated carbocycles. The highest BCUT2D eigenvalue weighted by Gasteiger charge is 2.12. The molecule has 7 nitrogen and oxygen atoms in total. The van der Waals surface area contributed by atoms with Gasteiger partial charge in [0.25, 0.3) is 0 Å². The highest BCUT2D eigenvalue weighted by molar-refractivity contribution is 6.09. The van der Waals surface area contributed by atoms with Crippen LogP contribution in [0, 0.1) is 0 Å². The first-order chi connectivity index (χ1) is 17.8. The summed E-state index contributed by atoms with van der Waals surface area (Å²) in [4.78, 5) is 47.2. The molecule has 0 N–H and O–H groups in total. The Kier molecular flexibility index (Phi) is 7.54. The van der Waals surface area contributed by atoms with Gasteiger partial charge in [0.15, 0.2) is 5.78 Å². The Morgan fingerprint density at radius 2 is 0.757 bits per heavy atom. The number of ether oxygens (including phenoxy) is 3. The van der Waals surface area contributed by atoms with E-state index in [9.17, 15) is 19.2 Å². The SMILES string of the molecule is CC(=O)Oc1ccc(C(=O)Oc2ccc(-c3ccc(C(=O)c4ccc(OC(C)=O)cc4)cc3)cc2)cc1. The summed E-state index contributed by atoms with van der Waals surface area (Å²) in [7, 11) is 0. The lowest BCUT2D eigenvalue weighted by molar-refractivity contribution is -0.132. The molecule has 0 spiro atoms.